The summed E-state index contributed by atoms with van der Waals surface area (Å²) < 4.78 is 37.9. The van der Waals surface area contributed by atoms with E-state index in [2.05, 4.69) is 10.6 Å². The fourth-order valence-electron chi connectivity index (χ4n) is 1.97. The van der Waals surface area contributed by atoms with Gasteiger partial charge in [-0.05, 0) is 24.6 Å². The molecule has 2 N–H and O–H groups in total. The highest BCUT2D eigenvalue weighted by atomic mass is 32.2. The van der Waals surface area contributed by atoms with E-state index in [4.69, 9.17) is 0 Å². The molecule has 4 nitrogen and oxygen atoms in total. The van der Waals surface area contributed by atoms with Crippen molar-refractivity contribution in [2.75, 3.05) is 11.9 Å². The number of fused-ring (bicyclic) bond motifs is 1. The lowest BCUT2D eigenvalue weighted by Gasteiger charge is -2.24. The second-order valence-corrected chi connectivity index (χ2v) is 6.10. The zero-order chi connectivity index (χ0) is 16.3. The van der Waals surface area contributed by atoms with Crippen LogP contribution in [0.15, 0.2) is 23.1 Å². The van der Waals surface area contributed by atoms with E-state index in [0.29, 0.717) is 11.4 Å². The van der Waals surface area contributed by atoms with Crippen molar-refractivity contribution in [3.63, 3.8) is 0 Å². The first-order valence-electron chi connectivity index (χ1n) is 6.76. The van der Waals surface area contributed by atoms with E-state index in [1.165, 1.54) is 6.07 Å². The normalized spacial score (nSPS) is 17.6. The number of carbonyl (C=O) groups excluding carboxylic acids is 2. The first-order valence-corrected chi connectivity index (χ1v) is 7.64. The lowest BCUT2D eigenvalue weighted by molar-refractivity contribution is -0.137. The number of carbonyl (C=O) groups is 2. The molecule has 0 radical (unpaired) electrons. The lowest BCUT2D eigenvalue weighted by Crippen LogP contribution is -2.35. The Morgan fingerprint density at radius 2 is 2.14 bits per heavy atom. The maximum absolute atomic E-state index is 12.6. The first-order chi connectivity index (χ1) is 10.3. The minimum absolute atomic E-state index is 0.00301. The van der Waals surface area contributed by atoms with Gasteiger partial charge in [0, 0.05) is 17.9 Å². The molecule has 0 aliphatic carbocycles. The third-order valence-electron chi connectivity index (χ3n) is 3.07. The Kier molecular flexibility index (Phi) is 5.00. The van der Waals surface area contributed by atoms with Crippen molar-refractivity contribution in [3.05, 3.63) is 23.8 Å². The van der Waals surface area contributed by atoms with Crippen molar-refractivity contribution in [1.82, 2.24) is 5.32 Å². The predicted molar refractivity (Wildman–Crippen MR) is 77.6 cm³/mol. The van der Waals surface area contributed by atoms with Crippen LogP contribution in [0.3, 0.4) is 0 Å². The van der Waals surface area contributed by atoms with Crippen molar-refractivity contribution in [2.24, 2.45) is 0 Å². The monoisotopic (exact) mass is 332 g/mol. The molecule has 0 bridgehead atoms. The van der Waals surface area contributed by atoms with Crippen molar-refractivity contribution < 1.29 is 22.8 Å². The van der Waals surface area contributed by atoms with Crippen molar-refractivity contribution in [1.29, 1.82) is 0 Å². The molecule has 1 aromatic carbocycles. The van der Waals surface area contributed by atoms with Gasteiger partial charge in [-0.3, -0.25) is 9.59 Å². The Hall–Kier alpha value is -1.70. The average Bonchev–Trinajstić information content (AvgIpc) is 2.44. The maximum Gasteiger partial charge on any atom is 0.416 e. The molecule has 120 valence electrons. The molecular formula is C14H15F3N2O2S. The molecule has 0 aromatic heterocycles. The number of amides is 2. The summed E-state index contributed by atoms with van der Waals surface area (Å²) in [6.45, 7) is 2.44. The van der Waals surface area contributed by atoms with E-state index in [1.54, 1.807) is 0 Å². The van der Waals surface area contributed by atoms with Crippen LogP contribution >= 0.6 is 11.8 Å². The number of rotatable bonds is 4. The quantitative estimate of drug-likeness (QED) is 0.891. The van der Waals surface area contributed by atoms with Gasteiger partial charge in [-0.1, -0.05) is 6.92 Å². The van der Waals surface area contributed by atoms with Crippen LogP contribution in [0.25, 0.3) is 0 Å². The molecule has 0 saturated heterocycles. The van der Waals surface area contributed by atoms with Gasteiger partial charge in [-0.15, -0.1) is 11.8 Å². The molecule has 1 atom stereocenters. The molecule has 0 unspecified atom stereocenters. The number of nitrogens with one attached hydrogen (secondary N) is 2. The molecule has 1 aliphatic rings. The molecule has 22 heavy (non-hydrogen) atoms. The topological polar surface area (TPSA) is 58.2 Å². The van der Waals surface area contributed by atoms with Crippen molar-refractivity contribution in [3.8, 4) is 0 Å². The van der Waals surface area contributed by atoms with E-state index in [0.717, 1.165) is 30.3 Å². The minimum atomic E-state index is -4.46. The van der Waals surface area contributed by atoms with Gasteiger partial charge in [0.05, 0.1) is 16.5 Å². The summed E-state index contributed by atoms with van der Waals surface area (Å²) in [5.74, 6) is -0.701. The number of hydrogen-bond acceptors (Lipinski definition) is 3. The van der Waals surface area contributed by atoms with E-state index in [9.17, 15) is 22.8 Å². The van der Waals surface area contributed by atoms with Gasteiger partial charge in [-0.2, -0.15) is 13.2 Å². The Balaban J connectivity index is 2.10. The van der Waals surface area contributed by atoms with Crippen LogP contribution in [0.2, 0.25) is 0 Å². The number of alkyl halides is 3. The van der Waals surface area contributed by atoms with Gasteiger partial charge in [0.25, 0.3) is 0 Å². The van der Waals surface area contributed by atoms with E-state index in [-0.39, 0.29) is 18.0 Å². The minimum Gasteiger partial charge on any atom is -0.356 e. The zero-order valence-corrected chi connectivity index (χ0v) is 12.6. The van der Waals surface area contributed by atoms with Crippen molar-refractivity contribution >= 4 is 29.3 Å². The second-order valence-electron chi connectivity index (χ2n) is 4.86. The van der Waals surface area contributed by atoms with Crippen molar-refractivity contribution in [2.45, 2.75) is 36.1 Å². The summed E-state index contributed by atoms with van der Waals surface area (Å²) in [6, 6.07) is 3.20. The molecule has 2 rings (SSSR count). The number of halogens is 3. The van der Waals surface area contributed by atoms with Crippen LogP contribution in [-0.4, -0.2) is 23.6 Å². The summed E-state index contributed by atoms with van der Waals surface area (Å²) in [5, 5.41) is 4.48. The van der Waals surface area contributed by atoms with Gasteiger partial charge < -0.3 is 10.6 Å². The summed E-state index contributed by atoms with van der Waals surface area (Å²) in [4.78, 5) is 24.1. The van der Waals surface area contributed by atoms with E-state index in [1.807, 2.05) is 6.92 Å². The number of thioether (sulfide) groups is 1. The Bertz CT molecular complexity index is 590. The smallest absolute Gasteiger partial charge is 0.356 e. The first kappa shape index (κ1) is 16.7. The molecule has 0 saturated carbocycles. The molecule has 2 amide bonds. The second kappa shape index (κ2) is 6.60. The standard InChI is InChI=1S/C14H15F3N2O2S/c1-2-5-18-12(20)7-11-13(21)19-9-6-8(14(15,16)17)3-4-10(9)22-11/h3-4,6,11H,2,5,7H2,1H3,(H,18,20)(H,19,21)/t11-/m0/s1. The highest BCUT2D eigenvalue weighted by Crippen LogP contribution is 2.40. The van der Waals surface area contributed by atoms with Gasteiger partial charge in [0.2, 0.25) is 11.8 Å². The van der Waals surface area contributed by atoms with Crippen LogP contribution in [-0.2, 0) is 15.8 Å². The van der Waals surface area contributed by atoms with E-state index < -0.39 is 22.9 Å². The highest BCUT2D eigenvalue weighted by molar-refractivity contribution is 8.01. The van der Waals surface area contributed by atoms with Crippen LogP contribution in [0.5, 0.6) is 0 Å². The Morgan fingerprint density at radius 3 is 2.77 bits per heavy atom. The molecular weight excluding hydrogens is 317 g/mol. The van der Waals surface area contributed by atoms with Gasteiger partial charge >= 0.3 is 6.18 Å². The summed E-state index contributed by atoms with van der Waals surface area (Å²) in [5.41, 5.74) is -0.679. The maximum atomic E-state index is 12.6. The SMILES string of the molecule is CCCNC(=O)C[C@@H]1Sc2ccc(C(F)(F)F)cc2NC1=O. The van der Waals surface area contributed by atoms with Crippen LogP contribution in [0, 0.1) is 0 Å². The Morgan fingerprint density at radius 1 is 1.41 bits per heavy atom. The fraction of sp³-hybridized carbons (Fsp3) is 0.429. The lowest BCUT2D eigenvalue weighted by atomic mass is 10.1. The molecule has 1 aliphatic heterocycles. The summed E-state index contributed by atoms with van der Waals surface area (Å²) in [6.07, 6.45) is -3.67. The van der Waals surface area contributed by atoms with Gasteiger partial charge in [0.1, 0.15) is 0 Å². The average molecular weight is 332 g/mol. The third-order valence-corrected chi connectivity index (χ3v) is 4.34. The summed E-state index contributed by atoms with van der Waals surface area (Å²) in [7, 11) is 0. The third kappa shape index (κ3) is 3.94. The number of hydrogen-bond donors (Lipinski definition) is 2. The fourth-order valence-corrected chi connectivity index (χ4v) is 3.06. The molecule has 0 spiro atoms. The van der Waals surface area contributed by atoms with Crippen LogP contribution in [0.4, 0.5) is 18.9 Å². The molecule has 1 aromatic rings. The summed E-state index contributed by atoms with van der Waals surface area (Å²) >= 11 is 1.11. The molecule has 1 heterocycles. The Labute approximate surface area is 129 Å². The highest BCUT2D eigenvalue weighted by Gasteiger charge is 2.34. The van der Waals surface area contributed by atoms with Gasteiger partial charge in [-0.25, -0.2) is 0 Å². The van der Waals surface area contributed by atoms with Crippen LogP contribution < -0.4 is 10.6 Å². The molecule has 8 heteroatoms. The molecule has 0 fully saturated rings. The van der Waals surface area contributed by atoms with Crippen LogP contribution in [0.1, 0.15) is 25.3 Å². The number of benzene rings is 1. The largest absolute Gasteiger partial charge is 0.416 e. The zero-order valence-electron chi connectivity index (χ0n) is 11.8. The van der Waals surface area contributed by atoms with Gasteiger partial charge in [0.15, 0.2) is 0 Å². The van der Waals surface area contributed by atoms with E-state index >= 15 is 0 Å². The predicted octanol–water partition coefficient (Wildman–Crippen LogP) is 3.03. The number of anilines is 1.